The highest BCUT2D eigenvalue weighted by atomic mass is 32.1. The number of H-pyrrole nitrogens is 1. The number of hydrogen-bond acceptors (Lipinski definition) is 3. The number of pyridine rings is 1. The van der Waals surface area contributed by atoms with Crippen LogP contribution in [0.5, 0.6) is 0 Å². The van der Waals surface area contributed by atoms with Crippen molar-refractivity contribution in [2.24, 2.45) is 0 Å². The van der Waals surface area contributed by atoms with E-state index in [1.807, 2.05) is 43.3 Å². The largest absolute Gasteiger partial charge is 0.376 e. The standard InChI is InChI=1S/C25H29N3O2S/c1-18-9-10-20-15-21(24(29)27-23(20)14-18)16-28(17-22-8-5-13-30-22)25(31)26-12-11-19-6-3-2-4-7-19/h2-4,6-7,9-10,14-15,22H,5,8,11-13,16-17H2,1H3,(H,26,31)(H,27,29)/t22-/m0/s1. The van der Waals surface area contributed by atoms with Crippen LogP contribution >= 0.6 is 12.2 Å². The Morgan fingerprint density at radius 1 is 1.23 bits per heavy atom. The lowest BCUT2D eigenvalue weighted by Crippen LogP contribution is -2.44. The van der Waals surface area contributed by atoms with Gasteiger partial charge in [0.15, 0.2) is 5.11 Å². The SMILES string of the molecule is Cc1ccc2cc(CN(C[C@@H]3CCCO3)C(=S)NCCc3ccccc3)c(=O)[nH]c2c1. The van der Waals surface area contributed by atoms with Gasteiger partial charge in [-0.1, -0.05) is 42.5 Å². The van der Waals surface area contributed by atoms with E-state index in [-0.39, 0.29) is 11.7 Å². The zero-order valence-corrected chi connectivity index (χ0v) is 18.7. The van der Waals surface area contributed by atoms with Crippen LogP contribution in [0.25, 0.3) is 10.9 Å². The molecule has 1 fully saturated rings. The van der Waals surface area contributed by atoms with Crippen molar-refractivity contribution in [3.63, 3.8) is 0 Å². The lowest BCUT2D eigenvalue weighted by Gasteiger charge is -2.28. The van der Waals surface area contributed by atoms with E-state index in [1.165, 1.54) is 5.56 Å². The Hall–Kier alpha value is -2.70. The van der Waals surface area contributed by atoms with Gasteiger partial charge in [0.2, 0.25) is 0 Å². The number of fused-ring (bicyclic) bond motifs is 1. The predicted octanol–water partition coefficient (Wildman–Crippen LogP) is 3.93. The first-order valence-electron chi connectivity index (χ1n) is 10.9. The van der Waals surface area contributed by atoms with Gasteiger partial charge in [-0.2, -0.15) is 0 Å². The second-order valence-corrected chi connectivity index (χ2v) is 8.58. The second kappa shape index (κ2) is 10.1. The highest BCUT2D eigenvalue weighted by Crippen LogP contribution is 2.17. The van der Waals surface area contributed by atoms with Gasteiger partial charge in [-0.05, 0) is 67.0 Å². The van der Waals surface area contributed by atoms with E-state index < -0.39 is 0 Å². The van der Waals surface area contributed by atoms with E-state index in [4.69, 9.17) is 17.0 Å². The summed E-state index contributed by atoms with van der Waals surface area (Å²) in [6, 6.07) is 18.4. The molecule has 1 saturated heterocycles. The van der Waals surface area contributed by atoms with E-state index in [2.05, 4.69) is 33.4 Å². The van der Waals surface area contributed by atoms with Crippen molar-refractivity contribution in [1.82, 2.24) is 15.2 Å². The lowest BCUT2D eigenvalue weighted by atomic mass is 10.1. The van der Waals surface area contributed by atoms with Gasteiger partial charge < -0.3 is 19.9 Å². The minimum Gasteiger partial charge on any atom is -0.376 e. The number of hydrogen-bond donors (Lipinski definition) is 2. The average molecular weight is 436 g/mol. The number of rotatable bonds is 7. The molecule has 0 spiro atoms. The molecule has 31 heavy (non-hydrogen) atoms. The summed E-state index contributed by atoms with van der Waals surface area (Å²) in [5.74, 6) is 0. The average Bonchev–Trinajstić information content (AvgIpc) is 3.28. The summed E-state index contributed by atoms with van der Waals surface area (Å²) >= 11 is 5.73. The molecule has 1 aliphatic rings. The van der Waals surface area contributed by atoms with Crippen LogP contribution in [0.4, 0.5) is 0 Å². The van der Waals surface area contributed by atoms with Gasteiger partial charge in [0.1, 0.15) is 0 Å². The van der Waals surface area contributed by atoms with Crippen LogP contribution in [0.1, 0.15) is 29.5 Å². The predicted molar refractivity (Wildman–Crippen MR) is 129 cm³/mol. The van der Waals surface area contributed by atoms with E-state index >= 15 is 0 Å². The molecule has 0 amide bonds. The Morgan fingerprint density at radius 3 is 2.84 bits per heavy atom. The number of ether oxygens (including phenoxy) is 1. The zero-order valence-electron chi connectivity index (χ0n) is 17.9. The molecular weight excluding hydrogens is 406 g/mol. The third kappa shape index (κ3) is 5.71. The fraction of sp³-hybridized carbons (Fsp3) is 0.360. The summed E-state index contributed by atoms with van der Waals surface area (Å²) in [5.41, 5.74) is 3.90. The topological polar surface area (TPSA) is 57.4 Å². The van der Waals surface area contributed by atoms with Crippen LogP contribution in [0.15, 0.2) is 59.4 Å². The highest BCUT2D eigenvalue weighted by molar-refractivity contribution is 7.80. The van der Waals surface area contributed by atoms with E-state index in [0.29, 0.717) is 23.8 Å². The Labute approximate surface area is 188 Å². The maximum absolute atomic E-state index is 12.8. The van der Waals surface area contributed by atoms with Crippen LogP contribution < -0.4 is 10.9 Å². The van der Waals surface area contributed by atoms with Crippen LogP contribution in [0.2, 0.25) is 0 Å². The molecule has 3 aromatic rings. The van der Waals surface area contributed by atoms with E-state index in [9.17, 15) is 4.79 Å². The van der Waals surface area contributed by atoms with Gasteiger partial charge in [0.05, 0.1) is 12.6 Å². The number of nitrogens with one attached hydrogen (secondary N) is 2. The molecule has 1 atom stereocenters. The number of aromatic nitrogens is 1. The van der Waals surface area contributed by atoms with Crippen molar-refractivity contribution in [2.75, 3.05) is 19.7 Å². The molecule has 1 aliphatic heterocycles. The van der Waals surface area contributed by atoms with Crippen molar-refractivity contribution in [1.29, 1.82) is 0 Å². The molecule has 2 heterocycles. The Morgan fingerprint density at radius 2 is 2.06 bits per heavy atom. The molecular formula is C25H29N3O2S. The van der Waals surface area contributed by atoms with Crippen molar-refractivity contribution >= 4 is 28.2 Å². The summed E-state index contributed by atoms with van der Waals surface area (Å²) in [7, 11) is 0. The fourth-order valence-corrected chi connectivity index (χ4v) is 4.25. The minimum absolute atomic E-state index is 0.0671. The van der Waals surface area contributed by atoms with Gasteiger partial charge >= 0.3 is 0 Å². The maximum atomic E-state index is 12.8. The van der Waals surface area contributed by atoms with Crippen LogP contribution in [-0.4, -0.2) is 40.8 Å². The second-order valence-electron chi connectivity index (χ2n) is 8.20. The van der Waals surface area contributed by atoms with Gasteiger partial charge in [0.25, 0.3) is 5.56 Å². The third-order valence-electron chi connectivity index (χ3n) is 5.71. The molecule has 162 valence electrons. The Kier molecular flexibility index (Phi) is 6.99. The molecule has 1 aromatic heterocycles. The summed E-state index contributed by atoms with van der Waals surface area (Å²) in [4.78, 5) is 17.9. The van der Waals surface area contributed by atoms with Crippen molar-refractivity contribution in [2.45, 2.75) is 38.8 Å². The first kappa shape index (κ1) is 21.5. The number of aryl methyl sites for hydroxylation is 1. The van der Waals surface area contributed by atoms with Gasteiger partial charge in [0, 0.05) is 30.8 Å². The van der Waals surface area contributed by atoms with Crippen molar-refractivity contribution in [3.05, 3.63) is 81.6 Å². The summed E-state index contributed by atoms with van der Waals surface area (Å²) in [6.07, 6.45) is 3.14. The first-order valence-corrected chi connectivity index (χ1v) is 11.3. The summed E-state index contributed by atoms with van der Waals surface area (Å²) in [5, 5.41) is 5.07. The molecule has 5 nitrogen and oxygen atoms in total. The smallest absolute Gasteiger partial charge is 0.253 e. The maximum Gasteiger partial charge on any atom is 0.253 e. The van der Waals surface area contributed by atoms with Crippen LogP contribution in [-0.2, 0) is 17.7 Å². The highest BCUT2D eigenvalue weighted by Gasteiger charge is 2.22. The summed E-state index contributed by atoms with van der Waals surface area (Å²) < 4.78 is 5.84. The van der Waals surface area contributed by atoms with Crippen LogP contribution in [0, 0.1) is 6.92 Å². The molecule has 4 rings (SSSR count). The molecule has 0 saturated carbocycles. The third-order valence-corrected chi connectivity index (χ3v) is 6.11. The van der Waals surface area contributed by atoms with E-state index in [1.54, 1.807) is 0 Å². The molecule has 0 unspecified atom stereocenters. The monoisotopic (exact) mass is 435 g/mol. The molecule has 0 radical (unpaired) electrons. The van der Waals surface area contributed by atoms with Crippen LogP contribution in [0.3, 0.4) is 0 Å². The van der Waals surface area contributed by atoms with Crippen molar-refractivity contribution in [3.8, 4) is 0 Å². The molecule has 6 heteroatoms. The molecule has 0 aliphatic carbocycles. The minimum atomic E-state index is -0.0671. The lowest BCUT2D eigenvalue weighted by molar-refractivity contribution is 0.0897. The van der Waals surface area contributed by atoms with Gasteiger partial charge in [-0.25, -0.2) is 0 Å². The first-order chi connectivity index (χ1) is 15.1. The van der Waals surface area contributed by atoms with Gasteiger partial charge in [-0.3, -0.25) is 4.79 Å². The van der Waals surface area contributed by atoms with Crippen molar-refractivity contribution < 1.29 is 4.74 Å². The number of benzene rings is 2. The number of nitrogens with zero attached hydrogens (tertiary/aromatic N) is 1. The number of aromatic amines is 1. The zero-order chi connectivity index (χ0) is 21.6. The Balaban J connectivity index is 1.48. The Bertz CT molecular complexity index is 1090. The molecule has 0 bridgehead atoms. The quantitative estimate of drug-likeness (QED) is 0.551. The summed E-state index contributed by atoms with van der Waals surface area (Å²) in [6.45, 7) is 4.70. The molecule has 2 N–H and O–H groups in total. The molecule has 2 aromatic carbocycles. The van der Waals surface area contributed by atoms with Gasteiger partial charge in [-0.15, -0.1) is 0 Å². The van der Waals surface area contributed by atoms with E-state index in [0.717, 1.165) is 48.9 Å². The normalized spacial score (nSPS) is 15.8. The number of thiocarbonyl (C=S) groups is 1. The fourth-order valence-electron chi connectivity index (χ4n) is 4.01.